The lowest BCUT2D eigenvalue weighted by Gasteiger charge is -2.18. The van der Waals surface area contributed by atoms with Gasteiger partial charge in [-0.2, -0.15) is 0 Å². The van der Waals surface area contributed by atoms with Gasteiger partial charge in [-0.05, 0) is 18.7 Å². The average molecular weight is 278 g/mol. The first kappa shape index (κ1) is 13.8. The highest BCUT2D eigenvalue weighted by molar-refractivity contribution is 7.18. The van der Waals surface area contributed by atoms with Crippen LogP contribution in [0.4, 0.5) is 0 Å². The lowest BCUT2D eigenvalue weighted by Crippen LogP contribution is -2.27. The SMILES string of the molecule is CCN(CC/C(N)=N/O)Cc1nc2ccccc2s1. The van der Waals surface area contributed by atoms with E-state index in [0.717, 1.165) is 30.2 Å². The normalized spacial score (nSPS) is 12.4. The maximum Gasteiger partial charge on any atom is 0.140 e. The van der Waals surface area contributed by atoms with Crippen molar-refractivity contribution in [3.8, 4) is 0 Å². The summed E-state index contributed by atoms with van der Waals surface area (Å²) in [6.07, 6.45) is 0.565. The molecule has 0 aliphatic heterocycles. The molecule has 1 heterocycles. The van der Waals surface area contributed by atoms with E-state index in [4.69, 9.17) is 10.9 Å². The smallest absolute Gasteiger partial charge is 0.140 e. The van der Waals surface area contributed by atoms with Gasteiger partial charge in [0.05, 0.1) is 16.8 Å². The number of para-hydroxylation sites is 1. The number of fused-ring (bicyclic) bond motifs is 1. The van der Waals surface area contributed by atoms with Crippen LogP contribution < -0.4 is 5.73 Å². The largest absolute Gasteiger partial charge is 0.409 e. The lowest BCUT2D eigenvalue weighted by atomic mass is 10.3. The highest BCUT2D eigenvalue weighted by Crippen LogP contribution is 2.22. The summed E-state index contributed by atoms with van der Waals surface area (Å²) in [4.78, 5) is 6.85. The standard InChI is InChI=1S/C13H18N4OS/c1-2-17(8-7-12(14)16-18)9-13-15-10-5-3-4-6-11(10)19-13/h3-6,18H,2,7-9H2,1H3,(H2,14,16). The van der Waals surface area contributed by atoms with E-state index >= 15 is 0 Å². The van der Waals surface area contributed by atoms with Crippen molar-refractivity contribution in [3.05, 3.63) is 29.3 Å². The van der Waals surface area contributed by atoms with Crippen molar-refractivity contribution in [2.75, 3.05) is 13.1 Å². The molecule has 0 aliphatic rings. The van der Waals surface area contributed by atoms with Gasteiger partial charge in [-0.25, -0.2) is 4.98 Å². The Morgan fingerprint density at radius 1 is 1.47 bits per heavy atom. The number of benzene rings is 1. The molecule has 0 spiro atoms. The van der Waals surface area contributed by atoms with Gasteiger partial charge < -0.3 is 10.9 Å². The Morgan fingerprint density at radius 3 is 2.95 bits per heavy atom. The predicted molar refractivity (Wildman–Crippen MR) is 78.6 cm³/mol. The molecule has 0 saturated heterocycles. The molecule has 0 bridgehead atoms. The minimum atomic E-state index is 0.266. The fraction of sp³-hybridized carbons (Fsp3) is 0.385. The molecule has 1 aromatic heterocycles. The van der Waals surface area contributed by atoms with Crippen LogP contribution in [0.2, 0.25) is 0 Å². The van der Waals surface area contributed by atoms with Gasteiger partial charge in [0.1, 0.15) is 10.8 Å². The second kappa shape index (κ2) is 6.49. The molecule has 0 amide bonds. The zero-order chi connectivity index (χ0) is 13.7. The van der Waals surface area contributed by atoms with Crippen LogP contribution in [0, 0.1) is 0 Å². The Labute approximate surface area is 116 Å². The molecule has 3 N–H and O–H groups in total. The summed E-state index contributed by atoms with van der Waals surface area (Å²) in [7, 11) is 0. The predicted octanol–water partition coefficient (Wildman–Crippen LogP) is 2.25. The Balaban J connectivity index is 2.01. The monoisotopic (exact) mass is 278 g/mol. The number of rotatable bonds is 6. The van der Waals surface area contributed by atoms with Gasteiger partial charge in [0, 0.05) is 13.0 Å². The van der Waals surface area contributed by atoms with Crippen LogP contribution in [-0.4, -0.2) is 34.0 Å². The van der Waals surface area contributed by atoms with E-state index < -0.39 is 0 Å². The lowest BCUT2D eigenvalue weighted by molar-refractivity contribution is 0.283. The van der Waals surface area contributed by atoms with Gasteiger partial charge in [-0.15, -0.1) is 11.3 Å². The van der Waals surface area contributed by atoms with Crippen LogP contribution in [0.25, 0.3) is 10.2 Å². The fourth-order valence-corrected chi connectivity index (χ4v) is 2.86. The highest BCUT2D eigenvalue weighted by atomic mass is 32.1. The first-order valence-electron chi connectivity index (χ1n) is 6.26. The van der Waals surface area contributed by atoms with Crippen LogP contribution in [0.15, 0.2) is 29.4 Å². The summed E-state index contributed by atoms with van der Waals surface area (Å²) in [6, 6.07) is 8.15. The Bertz CT molecular complexity index is 534. The maximum absolute atomic E-state index is 8.54. The van der Waals surface area contributed by atoms with Gasteiger partial charge in [0.15, 0.2) is 0 Å². The zero-order valence-electron chi connectivity index (χ0n) is 10.9. The second-order valence-electron chi connectivity index (χ2n) is 4.29. The number of nitrogens with zero attached hydrogens (tertiary/aromatic N) is 3. The van der Waals surface area contributed by atoms with Crippen LogP contribution in [-0.2, 0) is 6.54 Å². The fourth-order valence-electron chi connectivity index (χ4n) is 1.85. The van der Waals surface area contributed by atoms with E-state index in [9.17, 15) is 0 Å². The number of nitrogens with two attached hydrogens (primary N) is 1. The van der Waals surface area contributed by atoms with Crippen LogP contribution >= 0.6 is 11.3 Å². The number of hydrogen-bond donors (Lipinski definition) is 2. The molecule has 0 radical (unpaired) electrons. The molecule has 19 heavy (non-hydrogen) atoms. The van der Waals surface area contributed by atoms with Crippen molar-refractivity contribution in [3.63, 3.8) is 0 Å². The van der Waals surface area contributed by atoms with E-state index in [1.165, 1.54) is 4.70 Å². The van der Waals surface area contributed by atoms with Gasteiger partial charge in [0.2, 0.25) is 0 Å². The minimum Gasteiger partial charge on any atom is -0.409 e. The van der Waals surface area contributed by atoms with Gasteiger partial charge in [0.25, 0.3) is 0 Å². The van der Waals surface area contributed by atoms with Crippen LogP contribution in [0.3, 0.4) is 0 Å². The molecule has 0 saturated carbocycles. The number of thiazole rings is 1. The summed E-state index contributed by atoms with van der Waals surface area (Å²) in [5, 5.41) is 12.6. The van der Waals surface area contributed by atoms with Gasteiger partial charge in [-0.3, -0.25) is 4.90 Å². The van der Waals surface area contributed by atoms with Crippen molar-refractivity contribution in [1.82, 2.24) is 9.88 Å². The molecule has 6 heteroatoms. The van der Waals surface area contributed by atoms with E-state index in [2.05, 4.69) is 28.0 Å². The van der Waals surface area contributed by atoms with E-state index in [1.54, 1.807) is 11.3 Å². The third kappa shape index (κ3) is 3.65. The summed E-state index contributed by atoms with van der Waals surface area (Å²) in [6.45, 7) is 4.57. The maximum atomic E-state index is 8.54. The quantitative estimate of drug-likeness (QED) is 0.368. The first-order valence-corrected chi connectivity index (χ1v) is 7.07. The first-order chi connectivity index (χ1) is 9.22. The molecular weight excluding hydrogens is 260 g/mol. The Hall–Kier alpha value is -1.66. The van der Waals surface area contributed by atoms with Crippen LogP contribution in [0.5, 0.6) is 0 Å². The molecule has 0 atom stereocenters. The summed E-state index contributed by atoms with van der Waals surface area (Å²) in [5.74, 6) is 0.266. The molecule has 1 aromatic carbocycles. The highest BCUT2D eigenvalue weighted by Gasteiger charge is 2.09. The molecular formula is C13H18N4OS. The molecule has 0 fully saturated rings. The molecule has 2 rings (SSSR count). The van der Waals surface area contributed by atoms with Gasteiger partial charge in [-0.1, -0.05) is 24.2 Å². The Kier molecular flexibility index (Phi) is 4.70. The number of aromatic nitrogens is 1. The number of oxime groups is 1. The topological polar surface area (TPSA) is 74.7 Å². The van der Waals surface area contributed by atoms with Crippen molar-refractivity contribution in [2.24, 2.45) is 10.9 Å². The van der Waals surface area contributed by atoms with Crippen molar-refractivity contribution in [1.29, 1.82) is 0 Å². The molecule has 0 unspecified atom stereocenters. The zero-order valence-corrected chi connectivity index (χ0v) is 11.7. The summed E-state index contributed by atoms with van der Waals surface area (Å²) in [5.41, 5.74) is 6.54. The molecule has 5 nitrogen and oxygen atoms in total. The summed E-state index contributed by atoms with van der Waals surface area (Å²) >= 11 is 1.72. The average Bonchev–Trinajstić information content (AvgIpc) is 2.85. The van der Waals surface area contributed by atoms with Crippen molar-refractivity contribution >= 4 is 27.4 Å². The molecule has 102 valence electrons. The van der Waals surface area contributed by atoms with Crippen molar-refractivity contribution in [2.45, 2.75) is 19.9 Å². The van der Waals surface area contributed by atoms with E-state index in [0.29, 0.717) is 6.42 Å². The Morgan fingerprint density at radius 2 is 2.26 bits per heavy atom. The van der Waals surface area contributed by atoms with Crippen LogP contribution in [0.1, 0.15) is 18.4 Å². The van der Waals surface area contributed by atoms with Crippen molar-refractivity contribution < 1.29 is 5.21 Å². The molecule has 2 aromatic rings. The van der Waals surface area contributed by atoms with E-state index in [-0.39, 0.29) is 5.84 Å². The van der Waals surface area contributed by atoms with E-state index in [1.807, 2.05) is 18.2 Å². The third-order valence-corrected chi connectivity index (χ3v) is 3.98. The number of hydrogen-bond acceptors (Lipinski definition) is 5. The minimum absolute atomic E-state index is 0.266. The molecule has 0 aliphatic carbocycles. The van der Waals surface area contributed by atoms with Gasteiger partial charge >= 0.3 is 0 Å². The summed E-state index contributed by atoms with van der Waals surface area (Å²) < 4.78 is 1.21. The third-order valence-electron chi connectivity index (χ3n) is 2.96. The second-order valence-corrected chi connectivity index (χ2v) is 5.40. The number of amidine groups is 1.